The summed E-state index contributed by atoms with van der Waals surface area (Å²) in [5.41, 5.74) is 0. The zero-order valence-electron chi connectivity index (χ0n) is 7.35. The fourth-order valence-electron chi connectivity index (χ4n) is 1.13. The van der Waals surface area contributed by atoms with E-state index in [1.54, 1.807) is 0 Å². The van der Waals surface area contributed by atoms with Crippen LogP contribution in [0.3, 0.4) is 0 Å². The monoisotopic (exact) mass is 178 g/mol. The van der Waals surface area contributed by atoms with Gasteiger partial charge < -0.3 is 20.4 Å². The van der Waals surface area contributed by atoms with Gasteiger partial charge in [0.15, 0.2) is 12.6 Å². The highest BCUT2D eigenvalue weighted by molar-refractivity contribution is 4.55. The molecule has 0 aliphatic rings. The average molecular weight is 178 g/mol. The quantitative estimate of drug-likeness (QED) is 0.425. The molecule has 0 heterocycles. The number of aliphatic hydroxyl groups excluding tert-OH is 2. The molecule has 4 nitrogen and oxygen atoms in total. The molecule has 1 unspecified atom stereocenters. The standard InChI is InChI=1S/C8H18O4/c1-6(5-8(11)12)3-2-4-7(9)10/h6-12H,2-5H2,1H3. The Kier molecular flexibility index (Phi) is 6.28. The van der Waals surface area contributed by atoms with Crippen LogP contribution >= 0.6 is 0 Å². The van der Waals surface area contributed by atoms with Gasteiger partial charge in [0.05, 0.1) is 0 Å². The molecular weight excluding hydrogens is 160 g/mol. The molecule has 0 aliphatic carbocycles. The van der Waals surface area contributed by atoms with Gasteiger partial charge >= 0.3 is 0 Å². The average Bonchev–Trinajstić information content (AvgIpc) is 1.84. The molecule has 0 bridgehead atoms. The van der Waals surface area contributed by atoms with Crippen LogP contribution in [-0.2, 0) is 0 Å². The van der Waals surface area contributed by atoms with Crippen LogP contribution < -0.4 is 0 Å². The summed E-state index contributed by atoms with van der Waals surface area (Å²) in [6.07, 6.45) is -0.302. The molecule has 0 aliphatic heterocycles. The third-order valence-electron chi connectivity index (χ3n) is 1.77. The van der Waals surface area contributed by atoms with Crippen LogP contribution in [-0.4, -0.2) is 33.0 Å². The molecule has 0 fully saturated rings. The number of aliphatic hydroxyl groups is 4. The van der Waals surface area contributed by atoms with Crippen molar-refractivity contribution >= 4 is 0 Å². The fourth-order valence-corrected chi connectivity index (χ4v) is 1.13. The lowest BCUT2D eigenvalue weighted by molar-refractivity contribution is -0.0583. The summed E-state index contributed by atoms with van der Waals surface area (Å²) < 4.78 is 0. The van der Waals surface area contributed by atoms with Crippen molar-refractivity contribution in [3.63, 3.8) is 0 Å². The lowest BCUT2D eigenvalue weighted by Crippen LogP contribution is -2.11. The molecule has 0 rings (SSSR count). The van der Waals surface area contributed by atoms with Gasteiger partial charge in [-0.15, -0.1) is 0 Å². The van der Waals surface area contributed by atoms with E-state index < -0.39 is 12.6 Å². The molecular formula is C8H18O4. The molecule has 0 aromatic heterocycles. The Hall–Kier alpha value is -0.160. The van der Waals surface area contributed by atoms with E-state index in [1.807, 2.05) is 6.92 Å². The molecule has 1 atom stereocenters. The molecule has 4 N–H and O–H groups in total. The second-order valence-electron chi connectivity index (χ2n) is 3.23. The van der Waals surface area contributed by atoms with Gasteiger partial charge in [0.2, 0.25) is 0 Å². The molecule has 0 spiro atoms. The number of rotatable bonds is 6. The van der Waals surface area contributed by atoms with Gasteiger partial charge in [-0.1, -0.05) is 13.3 Å². The van der Waals surface area contributed by atoms with Gasteiger partial charge in [-0.05, 0) is 18.8 Å². The maximum Gasteiger partial charge on any atom is 0.151 e. The predicted octanol–water partition coefficient (Wildman–Crippen LogP) is -0.196. The first-order valence-corrected chi connectivity index (χ1v) is 4.24. The molecule has 0 amide bonds. The Morgan fingerprint density at radius 1 is 0.917 bits per heavy atom. The molecule has 74 valence electrons. The largest absolute Gasteiger partial charge is 0.368 e. The van der Waals surface area contributed by atoms with E-state index in [2.05, 4.69) is 0 Å². The molecule has 4 heteroatoms. The van der Waals surface area contributed by atoms with E-state index in [-0.39, 0.29) is 5.92 Å². The second kappa shape index (κ2) is 6.37. The van der Waals surface area contributed by atoms with Crippen molar-refractivity contribution in [3.05, 3.63) is 0 Å². The topological polar surface area (TPSA) is 80.9 Å². The Labute approximate surface area is 72.5 Å². The maximum absolute atomic E-state index is 8.59. The molecule has 0 saturated carbocycles. The third-order valence-corrected chi connectivity index (χ3v) is 1.77. The van der Waals surface area contributed by atoms with Crippen molar-refractivity contribution in [1.29, 1.82) is 0 Å². The Balaban J connectivity index is 3.25. The highest BCUT2D eigenvalue weighted by atomic mass is 16.5. The van der Waals surface area contributed by atoms with Crippen LogP contribution in [0.25, 0.3) is 0 Å². The van der Waals surface area contributed by atoms with Crippen molar-refractivity contribution in [3.8, 4) is 0 Å². The van der Waals surface area contributed by atoms with Gasteiger partial charge in [-0.25, -0.2) is 0 Å². The van der Waals surface area contributed by atoms with Crippen LogP contribution in [0.4, 0.5) is 0 Å². The molecule has 0 aromatic carbocycles. The minimum absolute atomic E-state index is 0.212. The first-order chi connectivity index (χ1) is 5.52. The predicted molar refractivity (Wildman–Crippen MR) is 44.1 cm³/mol. The van der Waals surface area contributed by atoms with Gasteiger partial charge in [0, 0.05) is 6.42 Å². The van der Waals surface area contributed by atoms with E-state index in [1.165, 1.54) is 0 Å². The van der Waals surface area contributed by atoms with Crippen LogP contribution in [0.1, 0.15) is 32.6 Å². The Bertz CT molecular complexity index is 103. The highest BCUT2D eigenvalue weighted by Gasteiger charge is 2.07. The van der Waals surface area contributed by atoms with Crippen molar-refractivity contribution < 1.29 is 20.4 Å². The highest BCUT2D eigenvalue weighted by Crippen LogP contribution is 2.13. The van der Waals surface area contributed by atoms with E-state index in [4.69, 9.17) is 20.4 Å². The van der Waals surface area contributed by atoms with E-state index in [0.29, 0.717) is 19.3 Å². The van der Waals surface area contributed by atoms with Crippen LogP contribution in [0.15, 0.2) is 0 Å². The van der Waals surface area contributed by atoms with Crippen LogP contribution in [0, 0.1) is 5.92 Å². The van der Waals surface area contributed by atoms with Crippen molar-refractivity contribution in [2.24, 2.45) is 5.92 Å². The van der Waals surface area contributed by atoms with Gasteiger partial charge in [-0.2, -0.15) is 0 Å². The Morgan fingerprint density at radius 2 is 1.50 bits per heavy atom. The lowest BCUT2D eigenvalue weighted by atomic mass is 10.0. The minimum Gasteiger partial charge on any atom is -0.368 e. The normalized spacial score (nSPS) is 14.2. The smallest absolute Gasteiger partial charge is 0.151 e. The number of hydrogen-bond donors (Lipinski definition) is 4. The summed E-state index contributed by atoms with van der Waals surface area (Å²) in [7, 11) is 0. The molecule has 0 saturated heterocycles. The number of hydrogen-bond acceptors (Lipinski definition) is 4. The first-order valence-electron chi connectivity index (χ1n) is 4.24. The van der Waals surface area contributed by atoms with Crippen LogP contribution in [0.2, 0.25) is 0 Å². The SMILES string of the molecule is CC(CCCC(O)O)CC(O)O. The second-order valence-corrected chi connectivity index (χ2v) is 3.23. The van der Waals surface area contributed by atoms with Crippen LogP contribution in [0.5, 0.6) is 0 Å². The Morgan fingerprint density at radius 3 is 1.92 bits per heavy atom. The minimum atomic E-state index is -1.25. The molecule has 0 radical (unpaired) electrons. The summed E-state index contributed by atoms with van der Waals surface area (Å²) in [6, 6.07) is 0. The zero-order chi connectivity index (χ0) is 9.56. The van der Waals surface area contributed by atoms with E-state index in [0.717, 1.165) is 6.42 Å². The summed E-state index contributed by atoms with van der Waals surface area (Å²) in [6.45, 7) is 1.91. The zero-order valence-corrected chi connectivity index (χ0v) is 7.35. The van der Waals surface area contributed by atoms with Crippen molar-refractivity contribution in [2.75, 3.05) is 0 Å². The van der Waals surface area contributed by atoms with Gasteiger partial charge in [-0.3, -0.25) is 0 Å². The summed E-state index contributed by atoms with van der Waals surface area (Å²) in [4.78, 5) is 0. The fraction of sp³-hybridized carbons (Fsp3) is 1.00. The van der Waals surface area contributed by atoms with Gasteiger partial charge in [0.1, 0.15) is 0 Å². The maximum atomic E-state index is 8.59. The summed E-state index contributed by atoms with van der Waals surface area (Å²) >= 11 is 0. The summed E-state index contributed by atoms with van der Waals surface area (Å²) in [5.74, 6) is 0.212. The van der Waals surface area contributed by atoms with Gasteiger partial charge in [0.25, 0.3) is 0 Å². The molecule has 12 heavy (non-hydrogen) atoms. The van der Waals surface area contributed by atoms with E-state index >= 15 is 0 Å². The van der Waals surface area contributed by atoms with Crippen molar-refractivity contribution in [1.82, 2.24) is 0 Å². The molecule has 0 aromatic rings. The first kappa shape index (κ1) is 11.8. The van der Waals surface area contributed by atoms with E-state index in [9.17, 15) is 0 Å². The van der Waals surface area contributed by atoms with Crippen molar-refractivity contribution in [2.45, 2.75) is 45.2 Å². The summed E-state index contributed by atoms with van der Waals surface area (Å²) in [5, 5.41) is 34.2. The lowest BCUT2D eigenvalue weighted by Gasteiger charge is -2.12. The third kappa shape index (κ3) is 7.94.